The highest BCUT2D eigenvalue weighted by Crippen LogP contribution is 2.40. The van der Waals surface area contributed by atoms with Gasteiger partial charge in [-0.2, -0.15) is 11.8 Å². The number of thioether (sulfide) groups is 1. The summed E-state index contributed by atoms with van der Waals surface area (Å²) in [5, 5.41) is 0.616. The van der Waals surface area contributed by atoms with E-state index in [4.69, 9.17) is 26.8 Å². The lowest BCUT2D eigenvalue weighted by Gasteiger charge is -2.31. The van der Waals surface area contributed by atoms with E-state index >= 15 is 0 Å². The molecule has 2 N–H and O–H groups in total. The van der Waals surface area contributed by atoms with Crippen molar-refractivity contribution in [3.63, 3.8) is 0 Å². The molecule has 1 unspecified atom stereocenters. The molecule has 2 aliphatic heterocycles. The van der Waals surface area contributed by atoms with Crippen molar-refractivity contribution in [2.24, 2.45) is 5.73 Å². The number of nitrogens with zero attached hydrogens (tertiary/aromatic N) is 1. The molecule has 1 saturated heterocycles. The molecule has 0 aliphatic carbocycles. The van der Waals surface area contributed by atoms with Crippen molar-refractivity contribution in [1.82, 2.24) is 4.90 Å². The van der Waals surface area contributed by atoms with E-state index in [2.05, 4.69) is 4.90 Å². The third-order valence-electron chi connectivity index (χ3n) is 3.92. The van der Waals surface area contributed by atoms with Crippen molar-refractivity contribution in [3.05, 3.63) is 22.7 Å². The third kappa shape index (κ3) is 3.42. The molecule has 2 aliphatic rings. The van der Waals surface area contributed by atoms with Crippen LogP contribution in [0.1, 0.15) is 18.0 Å². The second-order valence-corrected chi connectivity index (χ2v) is 6.91. The van der Waals surface area contributed by atoms with E-state index < -0.39 is 0 Å². The summed E-state index contributed by atoms with van der Waals surface area (Å²) in [4.78, 5) is 2.46. The molecule has 0 bridgehead atoms. The van der Waals surface area contributed by atoms with E-state index in [-0.39, 0.29) is 6.04 Å². The predicted octanol–water partition coefficient (Wildman–Crippen LogP) is 2.55. The molecule has 0 spiro atoms. The quantitative estimate of drug-likeness (QED) is 0.924. The van der Waals surface area contributed by atoms with Crippen molar-refractivity contribution < 1.29 is 9.47 Å². The Morgan fingerprint density at radius 1 is 1.24 bits per heavy atom. The molecule has 1 aromatic carbocycles. The molecule has 3 rings (SSSR count). The smallest absolute Gasteiger partial charge is 0.179 e. The van der Waals surface area contributed by atoms with Gasteiger partial charge in [-0.05, 0) is 36.4 Å². The first-order valence-corrected chi connectivity index (χ1v) is 8.94. The van der Waals surface area contributed by atoms with E-state index in [0.29, 0.717) is 30.5 Å². The van der Waals surface area contributed by atoms with Crippen LogP contribution in [0.25, 0.3) is 0 Å². The van der Waals surface area contributed by atoms with Crippen LogP contribution in [0.2, 0.25) is 5.02 Å². The van der Waals surface area contributed by atoms with Crippen LogP contribution in [-0.4, -0.2) is 49.3 Å². The highest BCUT2D eigenvalue weighted by molar-refractivity contribution is 7.99. The average molecular weight is 329 g/mol. The Morgan fingerprint density at radius 2 is 2.10 bits per heavy atom. The number of nitrogens with two attached hydrogens (primary N) is 1. The summed E-state index contributed by atoms with van der Waals surface area (Å²) in [6.45, 7) is 3.86. The maximum Gasteiger partial charge on any atom is 0.179 e. The van der Waals surface area contributed by atoms with Crippen LogP contribution < -0.4 is 15.2 Å². The van der Waals surface area contributed by atoms with Crippen LogP contribution in [-0.2, 0) is 0 Å². The van der Waals surface area contributed by atoms with E-state index in [9.17, 15) is 0 Å². The number of hydrogen-bond donors (Lipinski definition) is 1. The molecule has 0 amide bonds. The predicted molar refractivity (Wildman–Crippen MR) is 87.8 cm³/mol. The molecule has 116 valence electrons. The lowest BCUT2D eigenvalue weighted by atomic mass is 10.0. The molecule has 0 aromatic heterocycles. The van der Waals surface area contributed by atoms with Gasteiger partial charge in [-0.1, -0.05) is 11.6 Å². The zero-order valence-electron chi connectivity index (χ0n) is 12.0. The number of rotatable bonds is 3. The fraction of sp³-hybridized carbons (Fsp3) is 0.600. The summed E-state index contributed by atoms with van der Waals surface area (Å²) in [5.41, 5.74) is 7.17. The number of ether oxygens (including phenoxy) is 2. The second-order valence-electron chi connectivity index (χ2n) is 5.28. The fourth-order valence-corrected chi connectivity index (χ4v) is 4.07. The monoisotopic (exact) mass is 328 g/mol. The average Bonchev–Trinajstić information content (AvgIpc) is 2.77. The van der Waals surface area contributed by atoms with Gasteiger partial charge < -0.3 is 15.2 Å². The summed E-state index contributed by atoms with van der Waals surface area (Å²) in [6.07, 6.45) is 1.21. The standard InChI is InChI=1S/C15H21ClN2O2S/c16-12-8-11(9-14-15(12)20-5-4-19-14)13(10-17)18-2-1-6-21-7-3-18/h8-9,13H,1-7,10,17H2. The van der Waals surface area contributed by atoms with Crippen LogP contribution in [0.3, 0.4) is 0 Å². The van der Waals surface area contributed by atoms with Crippen molar-refractivity contribution in [2.45, 2.75) is 12.5 Å². The number of halogens is 1. The van der Waals surface area contributed by atoms with Gasteiger partial charge in [-0.15, -0.1) is 0 Å². The van der Waals surface area contributed by atoms with Gasteiger partial charge in [0.2, 0.25) is 0 Å². The SMILES string of the molecule is NCC(c1cc(Cl)c2c(c1)OCCO2)N1CCCSCC1. The first-order valence-electron chi connectivity index (χ1n) is 7.40. The van der Waals surface area contributed by atoms with Crippen molar-refractivity contribution in [1.29, 1.82) is 0 Å². The Bertz CT molecular complexity index is 493. The van der Waals surface area contributed by atoms with Gasteiger partial charge in [0, 0.05) is 24.9 Å². The van der Waals surface area contributed by atoms with Gasteiger partial charge in [-0.3, -0.25) is 4.90 Å². The van der Waals surface area contributed by atoms with Crippen LogP contribution in [0.5, 0.6) is 11.5 Å². The van der Waals surface area contributed by atoms with E-state index in [0.717, 1.165) is 30.2 Å². The maximum atomic E-state index is 6.35. The maximum absolute atomic E-state index is 6.35. The molecule has 1 fully saturated rings. The Hall–Kier alpha value is -0.620. The molecule has 0 saturated carbocycles. The van der Waals surface area contributed by atoms with Crippen LogP contribution in [0.15, 0.2) is 12.1 Å². The number of benzene rings is 1. The second kappa shape index (κ2) is 7.09. The molecule has 1 atom stereocenters. The molecule has 4 nitrogen and oxygen atoms in total. The Kier molecular flexibility index (Phi) is 5.16. The third-order valence-corrected chi connectivity index (χ3v) is 5.25. The molecule has 1 aromatic rings. The van der Waals surface area contributed by atoms with Gasteiger partial charge in [0.25, 0.3) is 0 Å². The first kappa shape index (κ1) is 15.3. The Labute approximate surface area is 134 Å². The largest absolute Gasteiger partial charge is 0.486 e. The fourth-order valence-electron chi connectivity index (χ4n) is 2.90. The number of hydrogen-bond acceptors (Lipinski definition) is 5. The van der Waals surface area contributed by atoms with E-state index in [1.807, 2.05) is 23.9 Å². The molecular weight excluding hydrogens is 308 g/mol. The topological polar surface area (TPSA) is 47.7 Å². The Morgan fingerprint density at radius 3 is 2.95 bits per heavy atom. The zero-order chi connectivity index (χ0) is 14.7. The van der Waals surface area contributed by atoms with E-state index in [1.54, 1.807) is 0 Å². The van der Waals surface area contributed by atoms with Gasteiger partial charge in [0.15, 0.2) is 11.5 Å². The number of fused-ring (bicyclic) bond motifs is 1. The summed E-state index contributed by atoms with van der Waals surface area (Å²) in [6, 6.07) is 4.21. The minimum Gasteiger partial charge on any atom is -0.486 e. The zero-order valence-corrected chi connectivity index (χ0v) is 13.6. The Balaban J connectivity index is 1.87. The van der Waals surface area contributed by atoms with Crippen molar-refractivity contribution in [2.75, 3.05) is 44.4 Å². The summed E-state index contributed by atoms with van der Waals surface area (Å²) in [5.74, 6) is 3.80. The molecule has 6 heteroatoms. The summed E-state index contributed by atoms with van der Waals surface area (Å²) < 4.78 is 11.3. The van der Waals surface area contributed by atoms with Crippen LogP contribution in [0.4, 0.5) is 0 Å². The lowest BCUT2D eigenvalue weighted by Crippen LogP contribution is -2.35. The van der Waals surface area contributed by atoms with Gasteiger partial charge in [-0.25, -0.2) is 0 Å². The van der Waals surface area contributed by atoms with Gasteiger partial charge >= 0.3 is 0 Å². The minimum atomic E-state index is 0.192. The lowest BCUT2D eigenvalue weighted by molar-refractivity contribution is 0.170. The van der Waals surface area contributed by atoms with E-state index in [1.165, 1.54) is 12.2 Å². The van der Waals surface area contributed by atoms with Crippen LogP contribution in [0, 0.1) is 0 Å². The minimum absolute atomic E-state index is 0.192. The van der Waals surface area contributed by atoms with Gasteiger partial charge in [0.1, 0.15) is 13.2 Å². The highest BCUT2D eigenvalue weighted by Gasteiger charge is 2.24. The first-order chi connectivity index (χ1) is 10.3. The van der Waals surface area contributed by atoms with Crippen molar-refractivity contribution in [3.8, 4) is 11.5 Å². The normalized spacial score (nSPS) is 20.9. The van der Waals surface area contributed by atoms with Crippen molar-refractivity contribution >= 4 is 23.4 Å². The molecular formula is C15H21ClN2O2S. The highest BCUT2D eigenvalue weighted by atomic mass is 35.5. The molecule has 21 heavy (non-hydrogen) atoms. The molecule has 2 heterocycles. The van der Waals surface area contributed by atoms with Gasteiger partial charge in [0.05, 0.1) is 5.02 Å². The molecule has 0 radical (unpaired) electrons. The summed E-state index contributed by atoms with van der Waals surface area (Å²) >= 11 is 8.37. The van der Waals surface area contributed by atoms with Crippen LogP contribution >= 0.6 is 23.4 Å². The summed E-state index contributed by atoms with van der Waals surface area (Å²) in [7, 11) is 0.